The molecule has 0 bridgehead atoms. The van der Waals surface area contributed by atoms with Crippen LogP contribution in [0.3, 0.4) is 0 Å². The topological polar surface area (TPSA) is 80.7 Å². The Balaban J connectivity index is 1.94. The zero-order valence-corrected chi connectivity index (χ0v) is 12.0. The van der Waals surface area contributed by atoms with Crippen LogP contribution in [0, 0.1) is 0 Å². The fourth-order valence-electron chi connectivity index (χ4n) is 3.15. The van der Waals surface area contributed by atoms with Gasteiger partial charge in [-0.25, -0.2) is 4.98 Å². The highest BCUT2D eigenvalue weighted by atomic mass is 16.2. The van der Waals surface area contributed by atoms with Crippen LogP contribution in [-0.2, 0) is 4.79 Å². The van der Waals surface area contributed by atoms with Crippen molar-refractivity contribution in [1.29, 1.82) is 0 Å². The van der Waals surface area contributed by atoms with Gasteiger partial charge in [0, 0.05) is 18.8 Å². The molecule has 6 heteroatoms. The molecule has 2 aromatic heterocycles. The molecule has 0 radical (unpaired) electrons. The molecule has 0 aliphatic heterocycles. The molecule has 1 fully saturated rings. The molecule has 0 atom stereocenters. The molecule has 2 aromatic rings. The SMILES string of the molecule is CN(C(=O)c1ccn2cncc2c1)C1(C(N)=O)CCCC1. The van der Waals surface area contributed by atoms with E-state index in [0.717, 1.165) is 18.4 Å². The van der Waals surface area contributed by atoms with Gasteiger partial charge < -0.3 is 15.0 Å². The number of nitrogens with zero attached hydrogens (tertiary/aromatic N) is 3. The number of rotatable bonds is 3. The summed E-state index contributed by atoms with van der Waals surface area (Å²) in [6.45, 7) is 0. The van der Waals surface area contributed by atoms with E-state index in [9.17, 15) is 9.59 Å². The van der Waals surface area contributed by atoms with Crippen molar-refractivity contribution in [1.82, 2.24) is 14.3 Å². The zero-order valence-electron chi connectivity index (χ0n) is 12.0. The third-order valence-corrected chi connectivity index (χ3v) is 4.50. The molecule has 6 nitrogen and oxygen atoms in total. The summed E-state index contributed by atoms with van der Waals surface area (Å²) in [5.41, 5.74) is 6.11. The van der Waals surface area contributed by atoms with Gasteiger partial charge in [-0.05, 0) is 25.0 Å². The second-order valence-electron chi connectivity index (χ2n) is 5.61. The second-order valence-corrected chi connectivity index (χ2v) is 5.61. The molecule has 0 aromatic carbocycles. The summed E-state index contributed by atoms with van der Waals surface area (Å²) in [7, 11) is 1.67. The quantitative estimate of drug-likeness (QED) is 0.920. The Bertz CT molecular complexity index is 701. The van der Waals surface area contributed by atoms with E-state index >= 15 is 0 Å². The maximum atomic E-state index is 12.7. The van der Waals surface area contributed by atoms with Crippen molar-refractivity contribution in [2.24, 2.45) is 5.73 Å². The van der Waals surface area contributed by atoms with Crippen LogP contribution in [-0.4, -0.2) is 38.7 Å². The maximum Gasteiger partial charge on any atom is 0.254 e. The molecule has 1 aliphatic rings. The number of amides is 2. The van der Waals surface area contributed by atoms with Gasteiger partial charge in [-0.1, -0.05) is 12.8 Å². The minimum absolute atomic E-state index is 0.181. The van der Waals surface area contributed by atoms with Crippen molar-refractivity contribution in [2.75, 3.05) is 7.05 Å². The average molecular weight is 286 g/mol. The smallest absolute Gasteiger partial charge is 0.254 e. The number of hydrogen-bond donors (Lipinski definition) is 1. The van der Waals surface area contributed by atoms with Crippen LogP contribution in [0.1, 0.15) is 36.0 Å². The van der Waals surface area contributed by atoms with E-state index in [-0.39, 0.29) is 5.91 Å². The van der Waals surface area contributed by atoms with E-state index in [1.807, 2.05) is 4.40 Å². The lowest BCUT2D eigenvalue weighted by Gasteiger charge is -2.36. The van der Waals surface area contributed by atoms with Crippen molar-refractivity contribution in [3.63, 3.8) is 0 Å². The first-order valence-corrected chi connectivity index (χ1v) is 7.04. The first-order valence-electron chi connectivity index (χ1n) is 7.04. The number of aromatic nitrogens is 2. The van der Waals surface area contributed by atoms with Gasteiger partial charge >= 0.3 is 0 Å². The van der Waals surface area contributed by atoms with Crippen molar-refractivity contribution < 1.29 is 9.59 Å². The molecule has 110 valence electrons. The minimum Gasteiger partial charge on any atom is -0.368 e. The molecule has 21 heavy (non-hydrogen) atoms. The summed E-state index contributed by atoms with van der Waals surface area (Å²) in [6.07, 6.45) is 8.27. The summed E-state index contributed by atoms with van der Waals surface area (Å²) in [6, 6.07) is 3.51. The lowest BCUT2D eigenvalue weighted by atomic mass is 9.94. The first-order chi connectivity index (χ1) is 10.0. The summed E-state index contributed by atoms with van der Waals surface area (Å²) in [4.78, 5) is 30.1. The Hall–Kier alpha value is -2.37. The number of carbonyl (C=O) groups excluding carboxylic acids is 2. The lowest BCUT2D eigenvalue weighted by Crippen LogP contribution is -2.56. The van der Waals surface area contributed by atoms with Crippen LogP contribution >= 0.6 is 0 Å². The predicted octanol–water partition coefficient (Wildman–Crippen LogP) is 1.20. The lowest BCUT2D eigenvalue weighted by molar-refractivity contribution is -0.127. The minimum atomic E-state index is -0.844. The fraction of sp³-hybridized carbons (Fsp3) is 0.400. The van der Waals surface area contributed by atoms with Crippen molar-refractivity contribution in [3.8, 4) is 0 Å². The van der Waals surface area contributed by atoms with Crippen molar-refractivity contribution in [2.45, 2.75) is 31.2 Å². The molecule has 0 spiro atoms. The normalized spacial score (nSPS) is 17.0. The standard InChI is InChI=1S/C15H18N4O2/c1-18(15(14(16)21)5-2-3-6-15)13(20)11-4-7-19-10-17-9-12(19)8-11/h4,7-10H,2-3,5-6H2,1H3,(H2,16,21). The highest BCUT2D eigenvalue weighted by Gasteiger charge is 2.45. The molecule has 2 N–H and O–H groups in total. The Labute approximate surface area is 122 Å². The van der Waals surface area contributed by atoms with Gasteiger partial charge in [-0.2, -0.15) is 0 Å². The molecule has 1 saturated carbocycles. The summed E-state index contributed by atoms with van der Waals surface area (Å²) in [5, 5.41) is 0. The molecule has 3 rings (SSSR count). The average Bonchev–Trinajstić information content (AvgIpc) is 3.14. The molecular formula is C15H18N4O2. The predicted molar refractivity (Wildman–Crippen MR) is 77.7 cm³/mol. The van der Waals surface area contributed by atoms with Crippen LogP contribution in [0.15, 0.2) is 30.9 Å². The molecule has 0 unspecified atom stereocenters. The Morgan fingerprint density at radius 1 is 1.38 bits per heavy atom. The fourth-order valence-corrected chi connectivity index (χ4v) is 3.15. The number of fused-ring (bicyclic) bond motifs is 1. The van der Waals surface area contributed by atoms with Crippen LogP contribution in [0.4, 0.5) is 0 Å². The van der Waals surface area contributed by atoms with Crippen LogP contribution in [0.5, 0.6) is 0 Å². The van der Waals surface area contributed by atoms with E-state index in [0.29, 0.717) is 18.4 Å². The van der Waals surface area contributed by atoms with Gasteiger partial charge in [0.2, 0.25) is 5.91 Å². The van der Waals surface area contributed by atoms with Crippen molar-refractivity contribution >= 4 is 17.3 Å². The number of carbonyl (C=O) groups is 2. The molecule has 1 aliphatic carbocycles. The van der Waals surface area contributed by atoms with E-state index in [2.05, 4.69) is 4.98 Å². The molecule has 0 saturated heterocycles. The van der Waals surface area contributed by atoms with Gasteiger partial charge in [0.25, 0.3) is 5.91 Å². The Morgan fingerprint density at radius 2 is 2.10 bits per heavy atom. The van der Waals surface area contributed by atoms with E-state index in [4.69, 9.17) is 5.73 Å². The number of pyridine rings is 1. The summed E-state index contributed by atoms with van der Waals surface area (Å²) < 4.78 is 1.83. The van der Waals surface area contributed by atoms with Crippen LogP contribution < -0.4 is 5.73 Å². The first kappa shape index (κ1) is 13.6. The summed E-state index contributed by atoms with van der Waals surface area (Å²) >= 11 is 0. The highest BCUT2D eigenvalue weighted by Crippen LogP contribution is 2.35. The molecule has 2 amide bonds. The summed E-state index contributed by atoms with van der Waals surface area (Å²) in [5.74, 6) is -0.597. The number of primary amides is 1. The maximum absolute atomic E-state index is 12.7. The van der Waals surface area contributed by atoms with Gasteiger partial charge in [-0.15, -0.1) is 0 Å². The number of imidazole rings is 1. The van der Waals surface area contributed by atoms with Crippen LogP contribution in [0.25, 0.3) is 5.52 Å². The van der Waals surface area contributed by atoms with Gasteiger partial charge in [-0.3, -0.25) is 9.59 Å². The third kappa shape index (κ3) is 2.07. The molecular weight excluding hydrogens is 268 g/mol. The monoisotopic (exact) mass is 286 g/mol. The van der Waals surface area contributed by atoms with Gasteiger partial charge in [0.15, 0.2) is 0 Å². The number of hydrogen-bond acceptors (Lipinski definition) is 3. The Kier molecular flexibility index (Phi) is 3.16. The van der Waals surface area contributed by atoms with E-state index in [1.54, 1.807) is 37.9 Å². The number of likely N-dealkylation sites (N-methyl/N-ethyl adjacent to an activating group) is 1. The van der Waals surface area contributed by atoms with Crippen molar-refractivity contribution in [3.05, 3.63) is 36.4 Å². The van der Waals surface area contributed by atoms with E-state index < -0.39 is 11.4 Å². The second kappa shape index (κ2) is 4.87. The number of nitrogens with two attached hydrogens (primary N) is 1. The molecule has 2 heterocycles. The van der Waals surface area contributed by atoms with E-state index in [1.165, 1.54) is 4.90 Å². The van der Waals surface area contributed by atoms with Gasteiger partial charge in [0.1, 0.15) is 5.54 Å². The zero-order chi connectivity index (χ0) is 15.0. The van der Waals surface area contributed by atoms with Gasteiger partial charge in [0.05, 0.1) is 18.0 Å². The van der Waals surface area contributed by atoms with Crippen LogP contribution in [0.2, 0.25) is 0 Å². The third-order valence-electron chi connectivity index (χ3n) is 4.50. The Morgan fingerprint density at radius 3 is 2.76 bits per heavy atom. The highest BCUT2D eigenvalue weighted by molar-refractivity contribution is 5.99. The largest absolute Gasteiger partial charge is 0.368 e.